The number of nitrogens with two attached hydrogens (primary N) is 1. The van der Waals surface area contributed by atoms with Gasteiger partial charge in [0.1, 0.15) is 0 Å². The molecular weight excluding hydrogens is 737 g/mol. The molecule has 1 heterocycles. The summed E-state index contributed by atoms with van der Waals surface area (Å²) >= 11 is 0. The number of carbonyl (C=O) groups excluding carboxylic acids is 2. The fourth-order valence-electron chi connectivity index (χ4n) is 7.61. The number of anilines is 2. The Labute approximate surface area is 347 Å². The Morgan fingerprint density at radius 2 is 1.46 bits per heavy atom. The number of nitrogens with one attached hydrogen (secondary N) is 2. The molecule has 4 atom stereocenters. The third-order valence-electron chi connectivity index (χ3n) is 11.2. The lowest BCUT2D eigenvalue weighted by Crippen LogP contribution is -2.38. The maximum Gasteiger partial charge on any atom is 0.224 e. The van der Waals surface area contributed by atoms with Crippen molar-refractivity contribution in [2.75, 3.05) is 24.6 Å². The zero-order chi connectivity index (χ0) is 41.1. The molecule has 1 aliphatic rings. The van der Waals surface area contributed by atoms with Gasteiger partial charge in [-0.05, 0) is 95.2 Å². The van der Waals surface area contributed by atoms with Gasteiger partial charge in [-0.15, -0.1) is 0 Å². The molecule has 9 nitrogen and oxygen atoms in total. The molecule has 7 rings (SSSR count). The Hall–Kier alpha value is -5.84. The topological polar surface area (TPSA) is 126 Å². The number of nitrogens with zero attached hydrogens (tertiary/aromatic N) is 1. The van der Waals surface area contributed by atoms with E-state index < -0.39 is 6.29 Å². The normalized spacial score (nSPS) is 17.1. The molecule has 5 N–H and O–H groups in total. The van der Waals surface area contributed by atoms with Gasteiger partial charge in [-0.2, -0.15) is 0 Å². The SMILES string of the molecule is CC(c1ccc2ccccc2c1)N(C)CC1CC(c2ccc(CO)cc2)OC(c2ccc(-c3cccc(CNC(=O)CCCCC(=O)Nc4ccccc4N)c3)cc2)O1. The smallest absolute Gasteiger partial charge is 0.224 e. The molecule has 6 aromatic carbocycles. The summed E-state index contributed by atoms with van der Waals surface area (Å²) in [5.74, 6) is -0.160. The number of nitrogen functional groups attached to an aromatic ring is 1. The number of amides is 2. The van der Waals surface area contributed by atoms with E-state index >= 15 is 0 Å². The standard InChI is InChI=1S/C50H54N4O5/c1-34(41-27-24-37-11-3-4-12-43(37)29-41)54(2)32-44-30-47(39-20-18-35(33-55)19-21-39)59-50(58-44)40-25-22-38(23-26-40)42-13-9-10-36(28-42)31-52-48(56)16-7-8-17-49(57)53-46-15-6-5-14-45(46)51/h3-6,9-15,18-29,34,44,47,50,55H,7-8,16-17,30-33,51H2,1-2H3,(H,52,56)(H,53,57). The summed E-state index contributed by atoms with van der Waals surface area (Å²) in [6, 6.07) is 47.0. The van der Waals surface area contributed by atoms with E-state index in [0.717, 1.165) is 39.9 Å². The van der Waals surface area contributed by atoms with Crippen molar-refractivity contribution >= 4 is 34.0 Å². The lowest BCUT2D eigenvalue weighted by atomic mass is 9.98. The predicted octanol–water partition coefficient (Wildman–Crippen LogP) is 9.64. The number of likely N-dealkylation sites (N-methyl/N-ethyl adjacent to an activating group) is 1. The number of carbonyl (C=O) groups is 2. The molecule has 9 heteroatoms. The maximum atomic E-state index is 12.6. The third-order valence-corrected chi connectivity index (χ3v) is 11.2. The molecule has 59 heavy (non-hydrogen) atoms. The van der Waals surface area contributed by atoms with Crippen LogP contribution in [-0.4, -0.2) is 41.5 Å². The monoisotopic (exact) mass is 790 g/mol. The molecule has 4 unspecified atom stereocenters. The van der Waals surface area contributed by atoms with Crippen LogP contribution < -0.4 is 16.4 Å². The van der Waals surface area contributed by atoms with Crippen LogP contribution in [0.3, 0.4) is 0 Å². The minimum absolute atomic E-state index is 0.00290. The highest BCUT2D eigenvalue weighted by atomic mass is 16.7. The molecule has 0 bridgehead atoms. The van der Waals surface area contributed by atoms with Crippen LogP contribution in [0.2, 0.25) is 0 Å². The van der Waals surface area contributed by atoms with Crippen LogP contribution in [0.1, 0.15) is 85.3 Å². The van der Waals surface area contributed by atoms with Crippen LogP contribution in [0.15, 0.2) is 140 Å². The number of hydrogen-bond acceptors (Lipinski definition) is 7. The molecule has 0 radical (unpaired) electrons. The van der Waals surface area contributed by atoms with Gasteiger partial charge in [-0.3, -0.25) is 14.5 Å². The average Bonchev–Trinajstić information content (AvgIpc) is 3.27. The van der Waals surface area contributed by atoms with Gasteiger partial charge in [0.2, 0.25) is 11.8 Å². The Bertz CT molecular complexity index is 2330. The highest BCUT2D eigenvalue weighted by Crippen LogP contribution is 2.39. The van der Waals surface area contributed by atoms with Crippen LogP contribution in [0.25, 0.3) is 21.9 Å². The number of benzene rings is 6. The van der Waals surface area contributed by atoms with Gasteiger partial charge in [-0.25, -0.2) is 0 Å². The molecule has 0 saturated carbocycles. The second-order valence-corrected chi connectivity index (χ2v) is 15.5. The zero-order valence-corrected chi connectivity index (χ0v) is 33.9. The van der Waals surface area contributed by atoms with E-state index in [1.165, 1.54) is 16.3 Å². The Kier molecular flexibility index (Phi) is 13.8. The van der Waals surface area contributed by atoms with Gasteiger partial charge in [-0.1, -0.05) is 115 Å². The number of aliphatic hydroxyl groups excluding tert-OH is 1. The van der Waals surface area contributed by atoms with Crippen molar-refractivity contribution in [2.45, 2.75) is 76.7 Å². The molecule has 0 aliphatic carbocycles. The number of aliphatic hydroxyl groups is 1. The van der Waals surface area contributed by atoms with Crippen molar-refractivity contribution in [1.82, 2.24) is 10.2 Å². The van der Waals surface area contributed by atoms with E-state index in [-0.39, 0.29) is 36.7 Å². The van der Waals surface area contributed by atoms with E-state index in [4.69, 9.17) is 15.2 Å². The number of ether oxygens (including phenoxy) is 2. The zero-order valence-electron chi connectivity index (χ0n) is 33.9. The van der Waals surface area contributed by atoms with E-state index in [1.807, 2.05) is 48.5 Å². The summed E-state index contributed by atoms with van der Waals surface area (Å²) in [5.41, 5.74) is 14.3. The average molecular weight is 791 g/mol. The van der Waals surface area contributed by atoms with Gasteiger partial charge in [0, 0.05) is 44.0 Å². The summed E-state index contributed by atoms with van der Waals surface area (Å²) in [6.45, 7) is 3.38. The number of unbranched alkanes of at least 4 members (excludes halogenated alkanes) is 1. The summed E-state index contributed by atoms with van der Waals surface area (Å²) in [5, 5.41) is 18.0. The highest BCUT2D eigenvalue weighted by Gasteiger charge is 2.33. The molecule has 2 amide bonds. The first-order valence-electron chi connectivity index (χ1n) is 20.5. The molecule has 0 aromatic heterocycles. The van der Waals surface area contributed by atoms with Gasteiger partial charge in [0.15, 0.2) is 6.29 Å². The van der Waals surface area contributed by atoms with E-state index in [0.29, 0.717) is 50.0 Å². The minimum Gasteiger partial charge on any atom is -0.397 e. The fraction of sp³-hybridized carbons (Fsp3) is 0.280. The first kappa shape index (κ1) is 41.3. The van der Waals surface area contributed by atoms with Crippen molar-refractivity contribution < 1.29 is 24.2 Å². The highest BCUT2D eigenvalue weighted by molar-refractivity contribution is 5.93. The third kappa shape index (κ3) is 11.0. The van der Waals surface area contributed by atoms with Crippen molar-refractivity contribution in [3.05, 3.63) is 167 Å². The molecular formula is C50H54N4O5. The van der Waals surface area contributed by atoms with Crippen LogP contribution in [0, 0.1) is 0 Å². The lowest BCUT2D eigenvalue weighted by Gasteiger charge is -2.39. The van der Waals surface area contributed by atoms with Gasteiger partial charge in [0.25, 0.3) is 0 Å². The number of hydrogen-bond donors (Lipinski definition) is 4. The fourth-order valence-corrected chi connectivity index (χ4v) is 7.61. The Balaban J connectivity index is 0.954. The summed E-state index contributed by atoms with van der Waals surface area (Å²) in [6.07, 6.45) is 1.77. The largest absolute Gasteiger partial charge is 0.397 e. The Morgan fingerprint density at radius 1 is 0.746 bits per heavy atom. The molecule has 1 saturated heterocycles. The first-order chi connectivity index (χ1) is 28.7. The second kappa shape index (κ2) is 19.7. The number of para-hydroxylation sites is 2. The molecule has 0 spiro atoms. The van der Waals surface area contributed by atoms with Gasteiger partial charge in [0.05, 0.1) is 30.2 Å². The van der Waals surface area contributed by atoms with Crippen molar-refractivity contribution in [2.24, 2.45) is 0 Å². The molecule has 6 aromatic rings. The quantitative estimate of drug-likeness (QED) is 0.0568. The van der Waals surface area contributed by atoms with Gasteiger partial charge < -0.3 is 30.9 Å². The summed E-state index contributed by atoms with van der Waals surface area (Å²) in [4.78, 5) is 27.3. The predicted molar refractivity (Wildman–Crippen MR) is 235 cm³/mol. The van der Waals surface area contributed by atoms with Crippen molar-refractivity contribution in [3.63, 3.8) is 0 Å². The minimum atomic E-state index is -0.562. The number of fused-ring (bicyclic) bond motifs is 1. The lowest BCUT2D eigenvalue weighted by molar-refractivity contribution is -0.253. The van der Waals surface area contributed by atoms with E-state index in [1.54, 1.807) is 12.1 Å². The van der Waals surface area contributed by atoms with Crippen LogP contribution in [0.4, 0.5) is 11.4 Å². The van der Waals surface area contributed by atoms with Crippen LogP contribution in [0.5, 0.6) is 0 Å². The summed E-state index contributed by atoms with van der Waals surface area (Å²) in [7, 11) is 2.15. The second-order valence-electron chi connectivity index (χ2n) is 15.5. The van der Waals surface area contributed by atoms with Crippen LogP contribution >= 0.6 is 0 Å². The maximum absolute atomic E-state index is 12.6. The number of rotatable bonds is 16. The molecule has 1 aliphatic heterocycles. The van der Waals surface area contributed by atoms with E-state index in [9.17, 15) is 14.7 Å². The molecule has 304 valence electrons. The Morgan fingerprint density at radius 3 is 2.22 bits per heavy atom. The molecule has 1 fully saturated rings. The summed E-state index contributed by atoms with van der Waals surface area (Å²) < 4.78 is 13.4. The van der Waals surface area contributed by atoms with Gasteiger partial charge >= 0.3 is 0 Å². The first-order valence-corrected chi connectivity index (χ1v) is 20.5. The van der Waals surface area contributed by atoms with Crippen molar-refractivity contribution in [3.8, 4) is 11.1 Å². The van der Waals surface area contributed by atoms with Crippen LogP contribution in [-0.2, 0) is 32.2 Å². The van der Waals surface area contributed by atoms with Crippen molar-refractivity contribution in [1.29, 1.82) is 0 Å². The van der Waals surface area contributed by atoms with E-state index in [2.05, 4.69) is 108 Å².